The first-order chi connectivity index (χ1) is 12.6. The minimum absolute atomic E-state index is 0.136. The third kappa shape index (κ3) is 6.89. The number of rotatable bonds is 10. The molecule has 5 heteroatoms. The Morgan fingerprint density at radius 2 is 1.73 bits per heavy atom. The van der Waals surface area contributed by atoms with Gasteiger partial charge in [0.25, 0.3) is 0 Å². The highest BCUT2D eigenvalue weighted by molar-refractivity contribution is 5.93. The molecule has 2 N–H and O–H groups in total. The summed E-state index contributed by atoms with van der Waals surface area (Å²) in [4.78, 5) is 12.2. The molecule has 2 aromatic carbocycles. The molecular weight excluding hydrogens is 328 g/mol. The van der Waals surface area contributed by atoms with Gasteiger partial charge in [-0.15, -0.1) is 0 Å². The number of benzene rings is 2. The van der Waals surface area contributed by atoms with Crippen LogP contribution in [0.4, 0.5) is 11.4 Å². The summed E-state index contributed by atoms with van der Waals surface area (Å²) in [6.45, 7) is 9.05. The highest BCUT2D eigenvalue weighted by Crippen LogP contribution is 2.19. The molecule has 1 amide bonds. The van der Waals surface area contributed by atoms with Crippen molar-refractivity contribution in [2.75, 3.05) is 30.4 Å². The fraction of sp³-hybridized carbons (Fsp3) is 0.286. The van der Waals surface area contributed by atoms with Crippen molar-refractivity contribution in [2.24, 2.45) is 5.92 Å². The molecule has 2 rings (SSSR count). The average molecular weight is 354 g/mol. The van der Waals surface area contributed by atoms with E-state index in [9.17, 15) is 4.79 Å². The number of amides is 1. The van der Waals surface area contributed by atoms with Gasteiger partial charge in [-0.25, -0.2) is 0 Å². The summed E-state index contributed by atoms with van der Waals surface area (Å²) in [6, 6.07) is 14.9. The lowest BCUT2D eigenvalue weighted by atomic mass is 10.2. The fourth-order valence-corrected chi connectivity index (χ4v) is 2.17. The number of anilines is 2. The largest absolute Gasteiger partial charge is 0.493 e. The van der Waals surface area contributed by atoms with Crippen molar-refractivity contribution in [2.45, 2.75) is 13.8 Å². The number of carbonyl (C=O) groups excluding carboxylic acids is 1. The summed E-state index contributed by atoms with van der Waals surface area (Å²) in [5.41, 5.74) is 1.52. The summed E-state index contributed by atoms with van der Waals surface area (Å²) < 4.78 is 11.2. The Hall–Kier alpha value is -2.95. The quantitative estimate of drug-likeness (QED) is 0.623. The minimum Gasteiger partial charge on any atom is -0.493 e. The van der Waals surface area contributed by atoms with Crippen molar-refractivity contribution in [3.8, 4) is 11.5 Å². The Kier molecular flexibility index (Phi) is 7.55. The van der Waals surface area contributed by atoms with Gasteiger partial charge in [0, 0.05) is 23.5 Å². The van der Waals surface area contributed by atoms with Crippen LogP contribution in [0.2, 0.25) is 0 Å². The molecule has 0 bridgehead atoms. The van der Waals surface area contributed by atoms with Crippen LogP contribution in [0.1, 0.15) is 13.8 Å². The van der Waals surface area contributed by atoms with E-state index in [0.717, 1.165) is 17.2 Å². The molecule has 0 aliphatic rings. The van der Waals surface area contributed by atoms with Gasteiger partial charge in [0.2, 0.25) is 5.91 Å². The smallest absolute Gasteiger partial charge is 0.243 e. The first-order valence-electron chi connectivity index (χ1n) is 8.67. The third-order valence-corrected chi connectivity index (χ3v) is 3.36. The summed E-state index contributed by atoms with van der Waals surface area (Å²) in [5.74, 6) is 1.79. The normalized spacial score (nSPS) is 10.3. The second-order valence-corrected chi connectivity index (χ2v) is 6.26. The van der Waals surface area contributed by atoms with E-state index in [1.54, 1.807) is 6.08 Å². The molecule has 0 aliphatic heterocycles. The van der Waals surface area contributed by atoms with Gasteiger partial charge < -0.3 is 20.1 Å². The molecule has 138 valence electrons. The predicted octanol–water partition coefficient (Wildman–Crippen LogP) is 4.34. The standard InChI is InChI=1S/C21H26N2O3/c1-4-11-25-19-9-5-7-17(12-19)22-14-21(24)23-18-8-6-10-20(13-18)26-15-16(2)3/h4-10,12-13,16,22H,1,11,14-15H2,2-3H3,(H,23,24). The van der Waals surface area contributed by atoms with Crippen LogP contribution < -0.4 is 20.1 Å². The highest BCUT2D eigenvalue weighted by Gasteiger charge is 2.05. The van der Waals surface area contributed by atoms with E-state index >= 15 is 0 Å². The first kappa shape index (κ1) is 19.4. The zero-order valence-electron chi connectivity index (χ0n) is 15.3. The van der Waals surface area contributed by atoms with E-state index in [4.69, 9.17) is 9.47 Å². The van der Waals surface area contributed by atoms with Crippen molar-refractivity contribution in [1.82, 2.24) is 0 Å². The molecule has 0 aliphatic carbocycles. The maximum atomic E-state index is 12.2. The Balaban J connectivity index is 1.85. The molecule has 0 unspecified atom stereocenters. The summed E-state index contributed by atoms with van der Waals surface area (Å²) in [6.07, 6.45) is 1.69. The van der Waals surface area contributed by atoms with Crippen LogP contribution in [0.25, 0.3) is 0 Å². The number of hydrogen-bond donors (Lipinski definition) is 2. The molecule has 0 atom stereocenters. The molecule has 0 aromatic heterocycles. The summed E-state index contributed by atoms with van der Waals surface area (Å²) in [5, 5.41) is 5.95. The molecular formula is C21H26N2O3. The Bertz CT molecular complexity index is 729. The Morgan fingerprint density at radius 1 is 1.08 bits per heavy atom. The van der Waals surface area contributed by atoms with Crippen LogP contribution in [-0.4, -0.2) is 25.7 Å². The van der Waals surface area contributed by atoms with Crippen LogP contribution in [0.15, 0.2) is 61.2 Å². The van der Waals surface area contributed by atoms with Crippen molar-refractivity contribution < 1.29 is 14.3 Å². The van der Waals surface area contributed by atoms with Crippen molar-refractivity contribution in [3.05, 3.63) is 61.2 Å². The van der Waals surface area contributed by atoms with Gasteiger partial charge in [-0.3, -0.25) is 4.79 Å². The lowest BCUT2D eigenvalue weighted by molar-refractivity contribution is -0.114. The highest BCUT2D eigenvalue weighted by atomic mass is 16.5. The van der Waals surface area contributed by atoms with Gasteiger partial charge in [-0.05, 0) is 30.2 Å². The van der Waals surface area contributed by atoms with E-state index in [1.165, 1.54) is 0 Å². The van der Waals surface area contributed by atoms with Gasteiger partial charge in [0.1, 0.15) is 18.1 Å². The van der Waals surface area contributed by atoms with Gasteiger partial charge >= 0.3 is 0 Å². The van der Waals surface area contributed by atoms with Gasteiger partial charge in [0.05, 0.1) is 13.2 Å². The molecule has 0 radical (unpaired) electrons. The summed E-state index contributed by atoms with van der Waals surface area (Å²) in [7, 11) is 0. The van der Waals surface area contributed by atoms with Crippen LogP contribution in [-0.2, 0) is 4.79 Å². The van der Waals surface area contributed by atoms with Crippen LogP contribution >= 0.6 is 0 Å². The number of carbonyl (C=O) groups is 1. The molecule has 0 spiro atoms. The number of ether oxygens (including phenoxy) is 2. The molecule has 2 aromatic rings. The minimum atomic E-state index is -0.136. The SMILES string of the molecule is C=CCOc1cccc(NCC(=O)Nc2cccc(OCC(C)C)c2)c1. The molecule has 0 saturated heterocycles. The fourth-order valence-electron chi connectivity index (χ4n) is 2.17. The lowest BCUT2D eigenvalue weighted by Gasteiger charge is -2.12. The molecule has 0 heterocycles. The topological polar surface area (TPSA) is 59.6 Å². The van der Waals surface area contributed by atoms with Crippen molar-refractivity contribution in [3.63, 3.8) is 0 Å². The lowest BCUT2D eigenvalue weighted by Crippen LogP contribution is -2.21. The molecule has 5 nitrogen and oxygen atoms in total. The number of nitrogens with one attached hydrogen (secondary N) is 2. The predicted molar refractivity (Wildman–Crippen MR) is 106 cm³/mol. The molecule has 0 saturated carbocycles. The van der Waals surface area contributed by atoms with Crippen LogP contribution in [0, 0.1) is 5.92 Å². The average Bonchev–Trinajstić information content (AvgIpc) is 2.64. The maximum Gasteiger partial charge on any atom is 0.243 e. The van der Waals surface area contributed by atoms with E-state index in [-0.39, 0.29) is 12.5 Å². The zero-order chi connectivity index (χ0) is 18.8. The van der Waals surface area contributed by atoms with Crippen molar-refractivity contribution in [1.29, 1.82) is 0 Å². The Morgan fingerprint density at radius 3 is 2.42 bits per heavy atom. The third-order valence-electron chi connectivity index (χ3n) is 3.36. The first-order valence-corrected chi connectivity index (χ1v) is 8.67. The van der Waals surface area contributed by atoms with E-state index in [2.05, 4.69) is 31.1 Å². The van der Waals surface area contributed by atoms with E-state index < -0.39 is 0 Å². The van der Waals surface area contributed by atoms with Crippen LogP contribution in [0.3, 0.4) is 0 Å². The second-order valence-electron chi connectivity index (χ2n) is 6.26. The molecule has 26 heavy (non-hydrogen) atoms. The number of hydrogen-bond acceptors (Lipinski definition) is 4. The maximum absolute atomic E-state index is 12.2. The van der Waals surface area contributed by atoms with Gasteiger partial charge in [-0.1, -0.05) is 38.6 Å². The summed E-state index contributed by atoms with van der Waals surface area (Å²) >= 11 is 0. The monoisotopic (exact) mass is 354 g/mol. The van der Waals surface area contributed by atoms with Crippen LogP contribution in [0.5, 0.6) is 11.5 Å². The Labute approximate surface area is 155 Å². The van der Waals surface area contributed by atoms with Gasteiger partial charge in [-0.2, -0.15) is 0 Å². The van der Waals surface area contributed by atoms with Crippen molar-refractivity contribution >= 4 is 17.3 Å². The van der Waals surface area contributed by atoms with Gasteiger partial charge in [0.15, 0.2) is 0 Å². The second kappa shape index (κ2) is 10.1. The molecule has 0 fully saturated rings. The van der Waals surface area contributed by atoms with E-state index in [0.29, 0.717) is 24.8 Å². The van der Waals surface area contributed by atoms with E-state index in [1.807, 2.05) is 48.5 Å². The zero-order valence-corrected chi connectivity index (χ0v) is 15.3.